The Labute approximate surface area is 143 Å². The van der Waals surface area contributed by atoms with Crippen molar-refractivity contribution in [2.75, 3.05) is 13.7 Å². The Bertz CT molecular complexity index is 782. The number of nitrogens with zero attached hydrogens (tertiary/aromatic N) is 2. The molecule has 1 amide bonds. The van der Waals surface area contributed by atoms with Crippen LogP contribution in [0.5, 0.6) is 5.75 Å². The smallest absolute Gasteiger partial charge is 0.247 e. The van der Waals surface area contributed by atoms with E-state index in [1.807, 2.05) is 41.8 Å². The fourth-order valence-corrected chi connectivity index (χ4v) is 2.85. The first-order valence-electron chi connectivity index (χ1n) is 7.50. The molecule has 0 aliphatic carbocycles. The van der Waals surface area contributed by atoms with E-state index in [2.05, 4.69) is 15.5 Å². The van der Waals surface area contributed by atoms with Crippen molar-refractivity contribution in [2.24, 2.45) is 0 Å². The Hall–Kier alpha value is -2.67. The number of ether oxygens (including phenoxy) is 1. The van der Waals surface area contributed by atoms with E-state index in [1.165, 1.54) is 0 Å². The van der Waals surface area contributed by atoms with Crippen molar-refractivity contribution >= 4 is 17.2 Å². The quantitative estimate of drug-likeness (QED) is 0.714. The zero-order valence-electron chi connectivity index (χ0n) is 13.2. The Morgan fingerprint density at radius 1 is 1.25 bits per heavy atom. The monoisotopic (exact) mass is 343 g/mol. The number of amides is 1. The van der Waals surface area contributed by atoms with Crippen LogP contribution < -0.4 is 10.1 Å². The summed E-state index contributed by atoms with van der Waals surface area (Å²) in [5.41, 5.74) is 0.830. The maximum atomic E-state index is 11.8. The standard InChI is InChI=1S/C17H17N3O3S/c1-22-13-6-4-12(5-7-13)17-20-19-16(23-17)8-9-18-15(21)11-14-3-2-10-24-14/h2-7,10H,8-9,11H2,1H3,(H,18,21). The molecule has 7 heteroatoms. The average Bonchev–Trinajstić information content (AvgIpc) is 3.27. The lowest BCUT2D eigenvalue weighted by molar-refractivity contribution is -0.120. The van der Waals surface area contributed by atoms with E-state index < -0.39 is 0 Å². The van der Waals surface area contributed by atoms with Gasteiger partial charge in [0.2, 0.25) is 17.7 Å². The van der Waals surface area contributed by atoms with Crippen LogP contribution in [0.2, 0.25) is 0 Å². The number of hydrogen-bond donors (Lipinski definition) is 1. The molecule has 0 aliphatic rings. The molecule has 1 aromatic carbocycles. The number of carbonyl (C=O) groups excluding carboxylic acids is 1. The van der Waals surface area contributed by atoms with Gasteiger partial charge in [0.25, 0.3) is 0 Å². The van der Waals surface area contributed by atoms with Crippen LogP contribution in [-0.2, 0) is 17.6 Å². The molecule has 2 aromatic heterocycles. The predicted octanol–water partition coefficient (Wildman–Crippen LogP) is 2.71. The number of aromatic nitrogens is 2. The molecule has 124 valence electrons. The third-order valence-electron chi connectivity index (χ3n) is 3.38. The van der Waals surface area contributed by atoms with Gasteiger partial charge in [-0.25, -0.2) is 0 Å². The normalized spacial score (nSPS) is 10.5. The predicted molar refractivity (Wildman–Crippen MR) is 91.0 cm³/mol. The van der Waals surface area contributed by atoms with Crippen molar-refractivity contribution in [1.82, 2.24) is 15.5 Å². The van der Waals surface area contributed by atoms with Crippen molar-refractivity contribution in [3.05, 3.63) is 52.5 Å². The summed E-state index contributed by atoms with van der Waals surface area (Å²) in [5, 5.41) is 12.9. The molecule has 0 spiro atoms. The third-order valence-corrected chi connectivity index (χ3v) is 4.26. The van der Waals surface area contributed by atoms with Crippen LogP contribution in [0.4, 0.5) is 0 Å². The Balaban J connectivity index is 1.49. The second kappa shape index (κ2) is 7.74. The van der Waals surface area contributed by atoms with Crippen LogP contribution in [-0.4, -0.2) is 29.8 Å². The SMILES string of the molecule is COc1ccc(-c2nnc(CCNC(=O)Cc3cccs3)o2)cc1. The molecule has 0 saturated heterocycles. The summed E-state index contributed by atoms with van der Waals surface area (Å²) in [7, 11) is 1.62. The second-order valence-electron chi connectivity index (χ2n) is 5.09. The van der Waals surface area contributed by atoms with E-state index in [-0.39, 0.29) is 5.91 Å². The molecule has 3 aromatic rings. The second-order valence-corrected chi connectivity index (χ2v) is 6.12. The van der Waals surface area contributed by atoms with Gasteiger partial charge in [0, 0.05) is 23.4 Å². The summed E-state index contributed by atoms with van der Waals surface area (Å²) in [4.78, 5) is 12.9. The summed E-state index contributed by atoms with van der Waals surface area (Å²) >= 11 is 1.57. The van der Waals surface area contributed by atoms with Gasteiger partial charge < -0.3 is 14.5 Å². The summed E-state index contributed by atoms with van der Waals surface area (Å²) in [5.74, 6) is 1.72. The van der Waals surface area contributed by atoms with Crippen LogP contribution in [0.15, 0.2) is 46.2 Å². The van der Waals surface area contributed by atoms with Crippen LogP contribution in [0.25, 0.3) is 11.5 Å². The van der Waals surface area contributed by atoms with E-state index in [9.17, 15) is 4.79 Å². The highest BCUT2D eigenvalue weighted by atomic mass is 32.1. The molecule has 0 fully saturated rings. The molecule has 24 heavy (non-hydrogen) atoms. The lowest BCUT2D eigenvalue weighted by Crippen LogP contribution is -2.27. The van der Waals surface area contributed by atoms with Crippen LogP contribution >= 0.6 is 11.3 Å². The zero-order valence-corrected chi connectivity index (χ0v) is 14.0. The molecular formula is C17H17N3O3S. The molecular weight excluding hydrogens is 326 g/mol. The zero-order chi connectivity index (χ0) is 16.8. The Kier molecular flexibility index (Phi) is 5.22. The van der Waals surface area contributed by atoms with Gasteiger partial charge in [-0.1, -0.05) is 6.07 Å². The maximum Gasteiger partial charge on any atom is 0.247 e. The number of benzene rings is 1. The van der Waals surface area contributed by atoms with Gasteiger partial charge >= 0.3 is 0 Å². The lowest BCUT2D eigenvalue weighted by Gasteiger charge is -2.02. The van der Waals surface area contributed by atoms with Gasteiger partial charge in [0.15, 0.2) is 0 Å². The summed E-state index contributed by atoms with van der Waals surface area (Å²) < 4.78 is 10.7. The molecule has 0 unspecified atom stereocenters. The van der Waals surface area contributed by atoms with E-state index in [1.54, 1.807) is 18.4 Å². The minimum atomic E-state index is -0.00709. The topological polar surface area (TPSA) is 77.3 Å². The molecule has 2 heterocycles. The first kappa shape index (κ1) is 16.2. The highest BCUT2D eigenvalue weighted by Crippen LogP contribution is 2.21. The summed E-state index contributed by atoms with van der Waals surface area (Å²) in [6.45, 7) is 0.467. The van der Waals surface area contributed by atoms with Gasteiger partial charge in [-0.2, -0.15) is 0 Å². The Morgan fingerprint density at radius 3 is 2.79 bits per heavy atom. The average molecular weight is 343 g/mol. The lowest BCUT2D eigenvalue weighted by atomic mass is 10.2. The highest BCUT2D eigenvalue weighted by Gasteiger charge is 2.09. The molecule has 0 radical (unpaired) electrons. The molecule has 0 atom stereocenters. The van der Waals surface area contributed by atoms with Crippen molar-refractivity contribution in [1.29, 1.82) is 0 Å². The van der Waals surface area contributed by atoms with Crippen molar-refractivity contribution in [3.8, 4) is 17.2 Å². The molecule has 6 nitrogen and oxygen atoms in total. The first-order valence-corrected chi connectivity index (χ1v) is 8.38. The van der Waals surface area contributed by atoms with Gasteiger partial charge in [0.05, 0.1) is 13.5 Å². The number of hydrogen-bond acceptors (Lipinski definition) is 6. The summed E-state index contributed by atoms with van der Waals surface area (Å²) in [6.07, 6.45) is 0.901. The fraction of sp³-hybridized carbons (Fsp3) is 0.235. The van der Waals surface area contributed by atoms with Gasteiger partial charge in [0.1, 0.15) is 5.75 Å². The molecule has 3 rings (SSSR count). The number of nitrogens with one attached hydrogen (secondary N) is 1. The van der Waals surface area contributed by atoms with Crippen LogP contribution in [0.3, 0.4) is 0 Å². The summed E-state index contributed by atoms with van der Waals surface area (Å²) in [6, 6.07) is 11.3. The largest absolute Gasteiger partial charge is 0.497 e. The van der Waals surface area contributed by atoms with E-state index in [0.29, 0.717) is 31.2 Å². The minimum Gasteiger partial charge on any atom is -0.497 e. The Morgan fingerprint density at radius 2 is 2.08 bits per heavy atom. The molecule has 1 N–H and O–H groups in total. The molecule has 0 bridgehead atoms. The van der Waals surface area contributed by atoms with E-state index >= 15 is 0 Å². The fourth-order valence-electron chi connectivity index (χ4n) is 2.15. The van der Waals surface area contributed by atoms with Gasteiger partial charge in [-0.3, -0.25) is 4.79 Å². The number of thiophene rings is 1. The van der Waals surface area contributed by atoms with Crippen molar-refractivity contribution < 1.29 is 13.9 Å². The maximum absolute atomic E-state index is 11.8. The van der Waals surface area contributed by atoms with Crippen molar-refractivity contribution in [2.45, 2.75) is 12.8 Å². The van der Waals surface area contributed by atoms with Crippen LogP contribution in [0, 0.1) is 0 Å². The van der Waals surface area contributed by atoms with E-state index in [4.69, 9.17) is 9.15 Å². The number of methoxy groups -OCH3 is 1. The number of rotatable bonds is 7. The van der Waals surface area contributed by atoms with Crippen molar-refractivity contribution in [3.63, 3.8) is 0 Å². The molecule has 0 saturated carbocycles. The number of carbonyl (C=O) groups is 1. The van der Waals surface area contributed by atoms with Crippen LogP contribution in [0.1, 0.15) is 10.8 Å². The third kappa shape index (κ3) is 4.20. The minimum absolute atomic E-state index is 0.00709. The van der Waals surface area contributed by atoms with Gasteiger partial charge in [-0.15, -0.1) is 21.5 Å². The van der Waals surface area contributed by atoms with Gasteiger partial charge in [-0.05, 0) is 35.7 Å². The van der Waals surface area contributed by atoms with E-state index in [0.717, 1.165) is 16.2 Å². The molecule has 0 aliphatic heterocycles. The first-order chi connectivity index (χ1) is 11.7. The highest BCUT2D eigenvalue weighted by molar-refractivity contribution is 7.10.